The topological polar surface area (TPSA) is 63.2 Å². The summed E-state index contributed by atoms with van der Waals surface area (Å²) in [4.78, 5) is 12.2. The van der Waals surface area contributed by atoms with Gasteiger partial charge in [-0.1, -0.05) is 58.0 Å². The molecule has 2 saturated heterocycles. The highest BCUT2D eigenvalue weighted by molar-refractivity contribution is 6.74. The molecule has 2 heterocycles. The third kappa shape index (κ3) is 7.94. The maximum absolute atomic E-state index is 12.2. The minimum atomic E-state index is -2.00. The predicted molar refractivity (Wildman–Crippen MR) is 140 cm³/mol. The van der Waals surface area contributed by atoms with Crippen molar-refractivity contribution in [2.24, 2.45) is 0 Å². The molecule has 2 aliphatic heterocycles. The molecule has 3 rings (SSSR count). The second kappa shape index (κ2) is 12.0. The summed E-state index contributed by atoms with van der Waals surface area (Å²) in [5.41, 5.74) is 1.14. The van der Waals surface area contributed by atoms with Gasteiger partial charge in [-0.05, 0) is 23.7 Å². The van der Waals surface area contributed by atoms with Crippen molar-refractivity contribution < 1.29 is 28.2 Å². The van der Waals surface area contributed by atoms with Crippen LogP contribution in [0, 0.1) is 0 Å². The van der Waals surface area contributed by atoms with Crippen LogP contribution in [0.4, 0.5) is 0 Å². The highest BCUT2D eigenvalue weighted by Gasteiger charge is 2.51. The van der Waals surface area contributed by atoms with E-state index < -0.39 is 14.1 Å². The van der Waals surface area contributed by atoms with Crippen LogP contribution >= 0.6 is 0 Å². The Labute approximate surface area is 213 Å². The first-order chi connectivity index (χ1) is 16.4. The van der Waals surface area contributed by atoms with Crippen LogP contribution in [-0.2, 0) is 34.8 Å². The van der Waals surface area contributed by atoms with Crippen LogP contribution in [0.25, 0.3) is 0 Å². The number of benzene rings is 1. The van der Waals surface area contributed by atoms with Crippen LogP contribution in [0.3, 0.4) is 0 Å². The standard InChI is InChI=1S/C28H46O6Si/c1-8-22(29)14-23-15-24(30-5)17-28(32-23)18-25(34-35(6,7)27(2,3)4)16-26(33-28)20-31-19-21-12-10-9-11-13-21/h9-13,23-26H,8,14-20H2,1-7H3/t23-,24+,25+,26-,28-/m1/s1. The molecule has 0 aromatic heterocycles. The normalized spacial score (nSPS) is 29.9. The average Bonchev–Trinajstić information content (AvgIpc) is 2.78. The Kier molecular flexibility index (Phi) is 9.74. The Hall–Kier alpha value is -1.09. The lowest BCUT2D eigenvalue weighted by atomic mass is 9.88. The molecule has 0 bridgehead atoms. The lowest BCUT2D eigenvalue weighted by Gasteiger charge is -2.51. The SMILES string of the molecule is CCC(=O)C[C@@H]1C[C@H](OC)C[C@@]2(C[C@@H](O[Si](C)(C)C(C)(C)C)C[C@H](COCc3ccccc3)O2)O1. The Morgan fingerprint density at radius 2 is 1.69 bits per heavy atom. The van der Waals surface area contributed by atoms with Crippen molar-refractivity contribution in [1.29, 1.82) is 0 Å². The minimum Gasteiger partial charge on any atom is -0.414 e. The van der Waals surface area contributed by atoms with Crippen LogP contribution in [0.15, 0.2) is 30.3 Å². The molecular formula is C28H46O6Si. The second-order valence-electron chi connectivity index (χ2n) is 11.7. The van der Waals surface area contributed by atoms with Crippen LogP contribution < -0.4 is 0 Å². The largest absolute Gasteiger partial charge is 0.414 e. The van der Waals surface area contributed by atoms with Crippen LogP contribution in [0.1, 0.15) is 71.8 Å². The van der Waals surface area contributed by atoms with Gasteiger partial charge in [0.05, 0.1) is 37.6 Å². The van der Waals surface area contributed by atoms with Gasteiger partial charge in [-0.25, -0.2) is 0 Å². The number of hydrogen-bond acceptors (Lipinski definition) is 6. The van der Waals surface area contributed by atoms with E-state index in [0.29, 0.717) is 45.3 Å². The molecule has 198 valence electrons. The number of ketones is 1. The average molecular weight is 507 g/mol. The summed E-state index contributed by atoms with van der Waals surface area (Å²) in [7, 11) is -0.266. The molecule has 0 radical (unpaired) electrons. The summed E-state index contributed by atoms with van der Waals surface area (Å²) < 4.78 is 32.0. The van der Waals surface area contributed by atoms with Gasteiger partial charge in [-0.15, -0.1) is 0 Å². The van der Waals surface area contributed by atoms with Gasteiger partial charge in [-0.2, -0.15) is 0 Å². The number of rotatable bonds is 10. The Bertz CT molecular complexity index is 807. The maximum Gasteiger partial charge on any atom is 0.192 e. The monoisotopic (exact) mass is 506 g/mol. The van der Waals surface area contributed by atoms with Gasteiger partial charge in [0.1, 0.15) is 5.78 Å². The van der Waals surface area contributed by atoms with E-state index in [4.69, 9.17) is 23.4 Å². The lowest BCUT2D eigenvalue weighted by Crippen LogP contribution is -2.58. The molecule has 0 N–H and O–H groups in total. The van der Waals surface area contributed by atoms with Crippen LogP contribution in [-0.4, -0.2) is 58.0 Å². The van der Waals surface area contributed by atoms with Gasteiger partial charge >= 0.3 is 0 Å². The molecule has 7 heteroatoms. The molecule has 0 aliphatic carbocycles. The predicted octanol–water partition coefficient (Wildman–Crippen LogP) is 6.03. The van der Waals surface area contributed by atoms with Gasteiger partial charge in [0.15, 0.2) is 14.1 Å². The van der Waals surface area contributed by atoms with E-state index in [1.807, 2.05) is 25.1 Å². The molecule has 2 fully saturated rings. The number of hydrogen-bond donors (Lipinski definition) is 0. The fraction of sp³-hybridized carbons (Fsp3) is 0.750. The number of Topliss-reactive ketones (excluding diaryl/α,β-unsaturated/α-hetero) is 1. The molecule has 2 aliphatic rings. The Morgan fingerprint density at radius 3 is 2.31 bits per heavy atom. The molecule has 35 heavy (non-hydrogen) atoms. The van der Waals surface area contributed by atoms with Crippen molar-refractivity contribution >= 4 is 14.1 Å². The first kappa shape index (κ1) is 28.5. The summed E-state index contributed by atoms with van der Waals surface area (Å²) in [6.07, 6.45) is 3.28. The van der Waals surface area contributed by atoms with Crippen molar-refractivity contribution in [3.63, 3.8) is 0 Å². The zero-order chi connectivity index (χ0) is 25.7. The molecule has 1 aromatic rings. The minimum absolute atomic E-state index is 0.00750. The van der Waals surface area contributed by atoms with Gasteiger partial charge < -0.3 is 23.4 Å². The van der Waals surface area contributed by atoms with Crippen molar-refractivity contribution in [3.8, 4) is 0 Å². The third-order valence-corrected chi connectivity index (χ3v) is 12.3. The number of ether oxygens (including phenoxy) is 4. The highest BCUT2D eigenvalue weighted by Crippen LogP contribution is 2.45. The van der Waals surface area contributed by atoms with E-state index in [1.165, 1.54) is 0 Å². The molecule has 0 saturated carbocycles. The van der Waals surface area contributed by atoms with Crippen molar-refractivity contribution in [1.82, 2.24) is 0 Å². The Balaban J connectivity index is 1.77. The van der Waals surface area contributed by atoms with Crippen molar-refractivity contribution in [2.75, 3.05) is 13.7 Å². The summed E-state index contributed by atoms with van der Waals surface area (Å²) in [5.74, 6) is -0.626. The molecule has 6 nitrogen and oxygen atoms in total. The molecule has 1 aromatic carbocycles. The number of methoxy groups -OCH3 is 1. The molecule has 5 atom stereocenters. The third-order valence-electron chi connectivity index (χ3n) is 7.76. The smallest absolute Gasteiger partial charge is 0.192 e. The highest BCUT2D eigenvalue weighted by atomic mass is 28.4. The van der Waals surface area contributed by atoms with Gasteiger partial charge in [0.2, 0.25) is 0 Å². The van der Waals surface area contributed by atoms with Crippen molar-refractivity contribution in [3.05, 3.63) is 35.9 Å². The maximum atomic E-state index is 12.2. The lowest BCUT2D eigenvalue weighted by molar-refractivity contribution is -0.342. The van der Waals surface area contributed by atoms with Crippen molar-refractivity contribution in [2.45, 2.75) is 121 Å². The molecular weight excluding hydrogens is 460 g/mol. The van der Waals surface area contributed by atoms with E-state index in [9.17, 15) is 4.79 Å². The zero-order valence-corrected chi connectivity index (χ0v) is 23.8. The van der Waals surface area contributed by atoms with E-state index in [1.54, 1.807) is 7.11 Å². The zero-order valence-electron chi connectivity index (χ0n) is 22.8. The fourth-order valence-corrected chi connectivity index (χ4v) is 6.19. The molecule has 0 unspecified atom stereocenters. The van der Waals surface area contributed by atoms with Gasteiger partial charge in [-0.3, -0.25) is 4.79 Å². The number of carbonyl (C=O) groups excluding carboxylic acids is 1. The molecule has 0 amide bonds. The first-order valence-corrected chi connectivity index (χ1v) is 16.1. The summed E-state index contributed by atoms with van der Waals surface area (Å²) in [6.45, 7) is 14.3. The summed E-state index contributed by atoms with van der Waals surface area (Å²) >= 11 is 0. The number of carbonyl (C=O) groups is 1. The summed E-state index contributed by atoms with van der Waals surface area (Å²) in [6, 6.07) is 10.2. The second-order valence-corrected chi connectivity index (χ2v) is 16.5. The van der Waals surface area contributed by atoms with E-state index in [-0.39, 0.29) is 35.2 Å². The van der Waals surface area contributed by atoms with Crippen LogP contribution in [0.5, 0.6) is 0 Å². The fourth-order valence-electron chi connectivity index (χ4n) is 4.82. The van der Waals surface area contributed by atoms with Gasteiger partial charge in [0, 0.05) is 45.6 Å². The van der Waals surface area contributed by atoms with E-state index in [0.717, 1.165) is 12.0 Å². The van der Waals surface area contributed by atoms with E-state index >= 15 is 0 Å². The van der Waals surface area contributed by atoms with Gasteiger partial charge in [0.25, 0.3) is 0 Å². The van der Waals surface area contributed by atoms with E-state index in [2.05, 4.69) is 46.0 Å². The molecule has 1 spiro atoms. The summed E-state index contributed by atoms with van der Waals surface area (Å²) in [5, 5.41) is 0.107. The quantitative estimate of drug-likeness (QED) is 0.361. The van der Waals surface area contributed by atoms with Crippen LogP contribution in [0.2, 0.25) is 18.1 Å². The first-order valence-electron chi connectivity index (χ1n) is 13.1. The Morgan fingerprint density at radius 1 is 1.06 bits per heavy atom.